The Labute approximate surface area is 313 Å². The average molecular weight is 708 g/mol. The van der Waals surface area contributed by atoms with E-state index in [0.29, 0.717) is 11.5 Å². The summed E-state index contributed by atoms with van der Waals surface area (Å²) in [6, 6.07) is 61.1. The molecular weight excluding hydrogens is 679 g/mol. The summed E-state index contributed by atoms with van der Waals surface area (Å²) in [5.74, 6) is 0.587. The van der Waals surface area contributed by atoms with Crippen LogP contribution in [0.4, 0.5) is 17.1 Å². The predicted octanol–water partition coefficient (Wildman–Crippen LogP) is 13.9. The molecule has 4 aromatic heterocycles. The van der Waals surface area contributed by atoms with Crippen molar-refractivity contribution in [3.05, 3.63) is 176 Å². The topological polar surface area (TPSA) is 60.5 Å². The van der Waals surface area contributed by atoms with Crippen LogP contribution in [-0.2, 0) is 0 Å². The summed E-state index contributed by atoms with van der Waals surface area (Å²) in [6.45, 7) is 0. The number of benzene rings is 8. The van der Waals surface area contributed by atoms with Gasteiger partial charge in [0.05, 0.1) is 16.7 Å². The van der Waals surface area contributed by atoms with Gasteiger partial charge in [0.25, 0.3) is 0 Å². The second-order valence-corrected chi connectivity index (χ2v) is 14.0. The van der Waals surface area contributed by atoms with E-state index in [1.807, 2.05) is 48.5 Å². The minimum atomic E-state index is 0.587. The lowest BCUT2D eigenvalue weighted by atomic mass is 10.1. The summed E-state index contributed by atoms with van der Waals surface area (Å²) in [5.41, 5.74) is 12.1. The maximum atomic E-state index is 6.48. The van der Waals surface area contributed by atoms with E-state index in [0.717, 1.165) is 88.7 Å². The molecule has 0 N–H and O–H groups in total. The Balaban J connectivity index is 1.14. The Morgan fingerprint density at radius 3 is 1.84 bits per heavy atom. The quantitative estimate of drug-likeness (QED) is 0.178. The molecule has 6 nitrogen and oxygen atoms in total. The van der Waals surface area contributed by atoms with E-state index in [1.165, 1.54) is 10.8 Å². The Bertz CT molecular complexity index is 3440. The SMILES string of the molecule is c1ccc(-c2nc3cc4c(cc3o2)oc2ccc(N(c3ccc5oc6ccccc6c5c3)c3cccc5c6ccccc6n(-c6ccccc6)c35)cc24)cc1. The van der Waals surface area contributed by atoms with E-state index < -0.39 is 0 Å². The summed E-state index contributed by atoms with van der Waals surface area (Å²) in [4.78, 5) is 7.25. The van der Waals surface area contributed by atoms with Crippen LogP contribution in [0.2, 0.25) is 0 Å². The fourth-order valence-corrected chi connectivity index (χ4v) is 8.34. The molecule has 55 heavy (non-hydrogen) atoms. The van der Waals surface area contributed by atoms with Gasteiger partial charge in [0.2, 0.25) is 5.89 Å². The maximum Gasteiger partial charge on any atom is 0.227 e. The third-order valence-electron chi connectivity index (χ3n) is 10.8. The second kappa shape index (κ2) is 11.5. The van der Waals surface area contributed by atoms with E-state index >= 15 is 0 Å². The van der Waals surface area contributed by atoms with Crippen molar-refractivity contribution in [2.24, 2.45) is 0 Å². The van der Waals surface area contributed by atoms with Crippen molar-refractivity contribution in [2.75, 3.05) is 4.90 Å². The minimum absolute atomic E-state index is 0.587. The Kier molecular flexibility index (Phi) is 6.24. The standard InChI is InChI=1S/C49H29N3O3/c1-3-12-30(13-4-1)49-50-40-28-39-38-27-33(23-25-45(38)54-46(39)29-47(40)55-49)51(32-22-24-44-37(26-32)35-17-8-10-21-43(35)53-44)42-20-11-18-36-34-16-7-9-19-41(34)52(48(36)42)31-14-5-2-6-15-31/h1-29H. The number of fused-ring (bicyclic) bond motifs is 10. The smallest absolute Gasteiger partial charge is 0.227 e. The number of furan rings is 2. The van der Waals surface area contributed by atoms with Crippen molar-refractivity contribution in [3.63, 3.8) is 0 Å². The van der Waals surface area contributed by atoms with Gasteiger partial charge in [0.1, 0.15) is 27.8 Å². The van der Waals surface area contributed by atoms with Crippen LogP contribution >= 0.6 is 0 Å². The van der Waals surface area contributed by atoms with Gasteiger partial charge in [0, 0.05) is 61.0 Å². The first-order valence-electron chi connectivity index (χ1n) is 18.4. The largest absolute Gasteiger partial charge is 0.456 e. The van der Waals surface area contributed by atoms with Gasteiger partial charge in [-0.3, -0.25) is 0 Å². The van der Waals surface area contributed by atoms with Gasteiger partial charge in [-0.25, -0.2) is 4.98 Å². The zero-order valence-corrected chi connectivity index (χ0v) is 29.3. The molecule has 6 heteroatoms. The van der Waals surface area contributed by atoms with Crippen LogP contribution in [0, 0.1) is 0 Å². The Morgan fingerprint density at radius 1 is 0.418 bits per heavy atom. The number of anilines is 3. The van der Waals surface area contributed by atoms with Gasteiger partial charge < -0.3 is 22.7 Å². The Morgan fingerprint density at radius 2 is 1.04 bits per heavy atom. The fraction of sp³-hybridized carbons (Fsp3) is 0. The van der Waals surface area contributed by atoms with Crippen molar-refractivity contribution in [1.82, 2.24) is 9.55 Å². The molecule has 0 radical (unpaired) electrons. The minimum Gasteiger partial charge on any atom is -0.456 e. The highest BCUT2D eigenvalue weighted by Gasteiger charge is 2.23. The van der Waals surface area contributed by atoms with Crippen LogP contribution < -0.4 is 4.90 Å². The molecule has 0 saturated heterocycles. The van der Waals surface area contributed by atoms with Crippen LogP contribution in [0.25, 0.3) is 93.9 Å². The lowest BCUT2D eigenvalue weighted by molar-refractivity contribution is 0.617. The maximum absolute atomic E-state index is 6.48. The molecule has 0 amide bonds. The van der Waals surface area contributed by atoms with Gasteiger partial charge >= 0.3 is 0 Å². The molecule has 0 fully saturated rings. The number of hydrogen-bond donors (Lipinski definition) is 0. The number of oxazole rings is 1. The zero-order valence-electron chi connectivity index (χ0n) is 29.3. The molecule has 0 aliphatic heterocycles. The van der Waals surface area contributed by atoms with Crippen molar-refractivity contribution >= 4 is 93.8 Å². The fourth-order valence-electron chi connectivity index (χ4n) is 8.34. The molecule has 12 rings (SSSR count). The molecule has 0 bridgehead atoms. The average Bonchev–Trinajstić information content (AvgIpc) is 4.01. The number of aromatic nitrogens is 2. The molecule has 8 aromatic carbocycles. The molecule has 0 atom stereocenters. The van der Waals surface area contributed by atoms with E-state index in [9.17, 15) is 0 Å². The van der Waals surface area contributed by atoms with Crippen LogP contribution in [0.15, 0.2) is 189 Å². The van der Waals surface area contributed by atoms with Gasteiger partial charge in [-0.1, -0.05) is 84.9 Å². The summed E-state index contributed by atoms with van der Waals surface area (Å²) in [6.07, 6.45) is 0. The van der Waals surface area contributed by atoms with Gasteiger partial charge in [-0.15, -0.1) is 0 Å². The predicted molar refractivity (Wildman–Crippen MR) is 223 cm³/mol. The van der Waals surface area contributed by atoms with Crippen LogP contribution in [0.5, 0.6) is 0 Å². The highest BCUT2D eigenvalue weighted by atomic mass is 16.4. The molecule has 12 aromatic rings. The molecule has 4 heterocycles. The highest BCUT2D eigenvalue weighted by molar-refractivity contribution is 6.16. The zero-order chi connectivity index (χ0) is 36.0. The summed E-state index contributed by atoms with van der Waals surface area (Å²) >= 11 is 0. The third-order valence-corrected chi connectivity index (χ3v) is 10.8. The van der Waals surface area contributed by atoms with E-state index in [2.05, 4.69) is 137 Å². The van der Waals surface area contributed by atoms with E-state index in [1.54, 1.807) is 0 Å². The number of rotatable bonds is 5. The molecule has 0 aliphatic rings. The second-order valence-electron chi connectivity index (χ2n) is 14.0. The lowest BCUT2D eigenvalue weighted by Gasteiger charge is -2.27. The normalized spacial score (nSPS) is 12.0. The van der Waals surface area contributed by atoms with Gasteiger partial charge in [-0.2, -0.15) is 0 Å². The van der Waals surface area contributed by atoms with Crippen molar-refractivity contribution in [3.8, 4) is 17.1 Å². The van der Waals surface area contributed by atoms with E-state index in [4.69, 9.17) is 18.2 Å². The first-order valence-corrected chi connectivity index (χ1v) is 18.4. The first-order chi connectivity index (χ1) is 27.2. The third kappa shape index (κ3) is 4.52. The van der Waals surface area contributed by atoms with Crippen LogP contribution in [-0.4, -0.2) is 9.55 Å². The van der Waals surface area contributed by atoms with E-state index in [-0.39, 0.29) is 0 Å². The number of hydrogen-bond acceptors (Lipinski definition) is 5. The number of nitrogens with zero attached hydrogens (tertiary/aromatic N) is 3. The molecule has 0 unspecified atom stereocenters. The molecular formula is C49H29N3O3. The van der Waals surface area contributed by atoms with Crippen molar-refractivity contribution < 1.29 is 13.3 Å². The molecule has 0 spiro atoms. The molecule has 258 valence electrons. The van der Waals surface area contributed by atoms with Gasteiger partial charge in [-0.05, 0) is 84.9 Å². The number of para-hydroxylation sites is 4. The van der Waals surface area contributed by atoms with Crippen LogP contribution in [0.1, 0.15) is 0 Å². The lowest BCUT2D eigenvalue weighted by Crippen LogP contribution is -2.11. The van der Waals surface area contributed by atoms with Crippen LogP contribution in [0.3, 0.4) is 0 Å². The molecule has 0 aliphatic carbocycles. The van der Waals surface area contributed by atoms with Crippen molar-refractivity contribution in [1.29, 1.82) is 0 Å². The Hall–Kier alpha value is -7.57. The molecule has 0 saturated carbocycles. The van der Waals surface area contributed by atoms with Gasteiger partial charge in [0.15, 0.2) is 5.58 Å². The summed E-state index contributed by atoms with van der Waals surface area (Å²) in [5, 5.41) is 6.49. The first kappa shape index (κ1) is 29.9. The monoisotopic (exact) mass is 707 g/mol. The highest BCUT2D eigenvalue weighted by Crippen LogP contribution is 2.46. The summed E-state index contributed by atoms with van der Waals surface area (Å²) in [7, 11) is 0. The van der Waals surface area contributed by atoms with Crippen molar-refractivity contribution in [2.45, 2.75) is 0 Å². The summed E-state index contributed by atoms with van der Waals surface area (Å²) < 4.78 is 21.4.